The van der Waals surface area contributed by atoms with Gasteiger partial charge in [-0.15, -0.1) is 0 Å². The van der Waals surface area contributed by atoms with Crippen LogP contribution in [0.25, 0.3) is 28.1 Å². The summed E-state index contributed by atoms with van der Waals surface area (Å²) >= 11 is 0. The van der Waals surface area contributed by atoms with Gasteiger partial charge in [0.25, 0.3) is 0 Å². The van der Waals surface area contributed by atoms with Crippen LogP contribution in [-0.4, -0.2) is 25.7 Å². The molecule has 26 heavy (non-hydrogen) atoms. The average Bonchev–Trinajstić information content (AvgIpc) is 3.10. The summed E-state index contributed by atoms with van der Waals surface area (Å²) in [6, 6.07) is 13.9. The Morgan fingerprint density at radius 1 is 1.08 bits per heavy atom. The Balaban J connectivity index is 2.02. The molecule has 0 aliphatic carbocycles. The minimum absolute atomic E-state index is 0.690. The van der Waals surface area contributed by atoms with Crippen LogP contribution >= 0.6 is 0 Å². The van der Waals surface area contributed by atoms with Crippen molar-refractivity contribution in [1.29, 1.82) is 5.41 Å². The van der Waals surface area contributed by atoms with E-state index in [1.807, 2.05) is 49.5 Å². The number of hydrogen-bond acceptors (Lipinski definition) is 4. The fourth-order valence-corrected chi connectivity index (χ4v) is 3.27. The van der Waals surface area contributed by atoms with Crippen molar-refractivity contribution < 1.29 is 0 Å². The van der Waals surface area contributed by atoms with E-state index >= 15 is 0 Å². The molecule has 5 heteroatoms. The number of nitrogens with zero attached hydrogens (tertiary/aromatic N) is 4. The molecule has 1 N–H and O–H groups in total. The van der Waals surface area contributed by atoms with E-state index in [-0.39, 0.29) is 0 Å². The van der Waals surface area contributed by atoms with Crippen LogP contribution in [0.15, 0.2) is 54.9 Å². The largest absolute Gasteiger partial charge is 0.319 e. The molecule has 0 aromatic carbocycles. The first-order valence-electron chi connectivity index (χ1n) is 8.62. The average molecular weight is 341 g/mol. The Labute approximate surface area is 151 Å². The van der Waals surface area contributed by atoms with E-state index in [0.717, 1.165) is 45.8 Å². The molecular weight excluding hydrogens is 322 g/mol. The maximum Gasteiger partial charge on any atom is 0.161 e. The summed E-state index contributed by atoms with van der Waals surface area (Å²) in [6.45, 7) is 4.07. The highest BCUT2D eigenvalue weighted by Crippen LogP contribution is 2.28. The van der Waals surface area contributed by atoms with Crippen LogP contribution in [0.1, 0.15) is 23.9 Å². The van der Waals surface area contributed by atoms with Crippen molar-refractivity contribution in [2.45, 2.75) is 20.3 Å². The first kappa shape index (κ1) is 16.1. The molecule has 0 aliphatic rings. The van der Waals surface area contributed by atoms with E-state index in [9.17, 15) is 0 Å². The first-order chi connectivity index (χ1) is 12.7. The van der Waals surface area contributed by atoms with Gasteiger partial charge < -0.3 is 9.98 Å². The number of aromatic nitrogens is 4. The van der Waals surface area contributed by atoms with Crippen LogP contribution in [0.5, 0.6) is 0 Å². The van der Waals surface area contributed by atoms with Crippen LogP contribution in [0, 0.1) is 12.3 Å². The van der Waals surface area contributed by atoms with Crippen molar-refractivity contribution in [3.05, 3.63) is 71.8 Å². The smallest absolute Gasteiger partial charge is 0.161 e. The summed E-state index contributed by atoms with van der Waals surface area (Å²) < 4.78 is 2.13. The van der Waals surface area contributed by atoms with Gasteiger partial charge in [-0.1, -0.05) is 13.0 Å². The second kappa shape index (κ2) is 6.52. The lowest BCUT2D eigenvalue weighted by molar-refractivity contribution is 0.938. The molecule has 0 radical (unpaired) electrons. The normalized spacial score (nSPS) is 11.0. The third-order valence-corrected chi connectivity index (χ3v) is 4.49. The summed E-state index contributed by atoms with van der Waals surface area (Å²) in [5, 5.41) is 8.63. The van der Waals surface area contributed by atoms with Crippen LogP contribution in [-0.2, 0) is 6.42 Å². The maximum atomic E-state index is 7.65. The topological polar surface area (TPSA) is 67.5 Å². The zero-order valence-corrected chi connectivity index (χ0v) is 14.8. The summed E-state index contributed by atoms with van der Waals surface area (Å²) in [4.78, 5) is 13.8. The highest BCUT2D eigenvalue weighted by atomic mass is 15.0. The standard InChI is InChI=1S/C21H19N5/c1-3-19-15(13-22)9-11-26(19)20-12-18(17-8-4-6-14(2)24-17)25-21-16(20)7-5-10-23-21/h4-13,22H,3H2,1-2H3. The third-order valence-electron chi connectivity index (χ3n) is 4.49. The van der Waals surface area contributed by atoms with E-state index in [4.69, 9.17) is 10.4 Å². The van der Waals surface area contributed by atoms with Gasteiger partial charge in [-0.25, -0.2) is 9.97 Å². The predicted molar refractivity (Wildman–Crippen MR) is 104 cm³/mol. The van der Waals surface area contributed by atoms with E-state index < -0.39 is 0 Å². The van der Waals surface area contributed by atoms with Gasteiger partial charge >= 0.3 is 0 Å². The second-order valence-electron chi connectivity index (χ2n) is 6.15. The summed E-state index contributed by atoms with van der Waals surface area (Å²) in [5.74, 6) is 0. The molecule has 0 amide bonds. The van der Waals surface area contributed by atoms with E-state index in [1.165, 1.54) is 6.21 Å². The zero-order chi connectivity index (χ0) is 18.1. The van der Waals surface area contributed by atoms with Gasteiger partial charge in [-0.2, -0.15) is 0 Å². The predicted octanol–water partition coefficient (Wildman–Crippen LogP) is 4.35. The summed E-state index contributed by atoms with van der Waals surface area (Å²) in [7, 11) is 0. The minimum atomic E-state index is 0.690. The summed E-state index contributed by atoms with van der Waals surface area (Å²) in [6.07, 6.45) is 6.00. The number of aryl methyl sites for hydroxylation is 1. The van der Waals surface area contributed by atoms with Gasteiger partial charge in [0.05, 0.1) is 17.1 Å². The maximum absolute atomic E-state index is 7.65. The lowest BCUT2D eigenvalue weighted by atomic mass is 10.1. The molecular formula is C21H19N5. The van der Waals surface area contributed by atoms with E-state index in [2.05, 4.69) is 27.5 Å². The molecule has 0 unspecified atom stereocenters. The number of hydrogen-bond donors (Lipinski definition) is 1. The Bertz CT molecular complexity index is 1110. The Morgan fingerprint density at radius 3 is 2.73 bits per heavy atom. The highest BCUT2D eigenvalue weighted by molar-refractivity contribution is 5.88. The molecule has 0 fully saturated rings. The van der Waals surface area contributed by atoms with Gasteiger partial charge in [0.15, 0.2) is 5.65 Å². The van der Waals surface area contributed by atoms with Crippen molar-refractivity contribution in [1.82, 2.24) is 19.5 Å². The molecule has 4 aromatic rings. The van der Waals surface area contributed by atoms with Gasteiger partial charge in [0, 0.05) is 40.9 Å². The SMILES string of the molecule is CCc1c(C=N)ccn1-c1cc(-c2cccc(C)n2)nc2ncccc12. The lowest BCUT2D eigenvalue weighted by Gasteiger charge is -2.13. The molecule has 4 rings (SSSR count). The molecule has 0 aliphatic heterocycles. The summed E-state index contributed by atoms with van der Waals surface area (Å²) in [5.41, 5.74) is 6.30. The van der Waals surface area contributed by atoms with Crippen molar-refractivity contribution >= 4 is 17.2 Å². The van der Waals surface area contributed by atoms with Crippen molar-refractivity contribution in [2.75, 3.05) is 0 Å². The highest BCUT2D eigenvalue weighted by Gasteiger charge is 2.14. The van der Waals surface area contributed by atoms with Gasteiger partial charge in [-0.3, -0.25) is 4.98 Å². The van der Waals surface area contributed by atoms with Crippen molar-refractivity contribution in [3.8, 4) is 17.1 Å². The molecule has 0 atom stereocenters. The van der Waals surface area contributed by atoms with Gasteiger partial charge in [-0.05, 0) is 49.7 Å². The van der Waals surface area contributed by atoms with Crippen molar-refractivity contribution in [2.24, 2.45) is 0 Å². The number of pyridine rings is 3. The van der Waals surface area contributed by atoms with Crippen molar-refractivity contribution in [3.63, 3.8) is 0 Å². The Hall–Kier alpha value is -3.34. The van der Waals surface area contributed by atoms with E-state index in [1.54, 1.807) is 6.20 Å². The van der Waals surface area contributed by atoms with E-state index in [0.29, 0.717) is 5.65 Å². The number of fused-ring (bicyclic) bond motifs is 1. The third kappa shape index (κ3) is 2.67. The Morgan fingerprint density at radius 2 is 1.96 bits per heavy atom. The molecule has 0 saturated heterocycles. The zero-order valence-electron chi connectivity index (χ0n) is 14.8. The van der Waals surface area contributed by atoms with Gasteiger partial charge in [0.1, 0.15) is 0 Å². The van der Waals surface area contributed by atoms with Gasteiger partial charge in [0.2, 0.25) is 0 Å². The molecule has 4 aromatic heterocycles. The van der Waals surface area contributed by atoms with Crippen LogP contribution in [0.4, 0.5) is 0 Å². The minimum Gasteiger partial charge on any atom is -0.319 e. The molecule has 0 bridgehead atoms. The molecule has 5 nitrogen and oxygen atoms in total. The second-order valence-corrected chi connectivity index (χ2v) is 6.15. The van der Waals surface area contributed by atoms with Crippen LogP contribution in [0.3, 0.4) is 0 Å². The van der Waals surface area contributed by atoms with Crippen LogP contribution < -0.4 is 0 Å². The van der Waals surface area contributed by atoms with Crippen LogP contribution in [0.2, 0.25) is 0 Å². The number of rotatable bonds is 4. The fraction of sp³-hybridized carbons (Fsp3) is 0.143. The number of nitrogens with one attached hydrogen (secondary N) is 1. The quantitative estimate of drug-likeness (QED) is 0.561. The fourth-order valence-electron chi connectivity index (χ4n) is 3.27. The Kier molecular flexibility index (Phi) is 4.05. The molecule has 0 spiro atoms. The monoisotopic (exact) mass is 341 g/mol. The molecule has 4 heterocycles. The molecule has 128 valence electrons. The first-order valence-corrected chi connectivity index (χ1v) is 8.62. The lowest BCUT2D eigenvalue weighted by Crippen LogP contribution is -2.03. The molecule has 0 saturated carbocycles.